The van der Waals surface area contributed by atoms with Gasteiger partial charge >= 0.3 is 0 Å². The van der Waals surface area contributed by atoms with Gasteiger partial charge in [0.05, 0.1) is 17.7 Å². The second kappa shape index (κ2) is 5.36. The minimum absolute atomic E-state index is 0.225. The number of nitrogen functional groups attached to an aromatic ring is 1. The van der Waals surface area contributed by atoms with Crippen molar-refractivity contribution >= 4 is 22.9 Å². The Morgan fingerprint density at radius 2 is 2.21 bits per heavy atom. The SMILES string of the molecule is Cc1ncsc1CNC(=O)c1cc(N)c(C)c(F)c1. The van der Waals surface area contributed by atoms with E-state index in [0.29, 0.717) is 12.1 Å². The van der Waals surface area contributed by atoms with Crippen molar-refractivity contribution in [1.29, 1.82) is 0 Å². The molecule has 1 heterocycles. The number of anilines is 1. The smallest absolute Gasteiger partial charge is 0.251 e. The van der Waals surface area contributed by atoms with Crippen LogP contribution < -0.4 is 11.1 Å². The average molecular weight is 279 g/mol. The average Bonchev–Trinajstić information content (AvgIpc) is 2.78. The monoisotopic (exact) mass is 279 g/mol. The highest BCUT2D eigenvalue weighted by molar-refractivity contribution is 7.09. The molecule has 4 nitrogen and oxygen atoms in total. The molecule has 0 atom stereocenters. The minimum atomic E-state index is -0.473. The number of hydrogen-bond acceptors (Lipinski definition) is 4. The Balaban J connectivity index is 2.10. The van der Waals surface area contributed by atoms with Gasteiger partial charge in [-0.25, -0.2) is 9.37 Å². The van der Waals surface area contributed by atoms with E-state index in [-0.39, 0.29) is 17.2 Å². The first-order valence-corrected chi connectivity index (χ1v) is 6.59. The molecular formula is C13H14FN3OS. The molecule has 0 aliphatic rings. The summed E-state index contributed by atoms with van der Waals surface area (Å²) in [5.41, 5.74) is 9.12. The highest BCUT2D eigenvalue weighted by Crippen LogP contribution is 2.18. The summed E-state index contributed by atoms with van der Waals surface area (Å²) in [6.07, 6.45) is 0. The molecule has 1 aromatic heterocycles. The second-order valence-corrected chi connectivity index (χ2v) is 5.16. The van der Waals surface area contributed by atoms with E-state index in [1.54, 1.807) is 12.4 Å². The maximum Gasteiger partial charge on any atom is 0.251 e. The summed E-state index contributed by atoms with van der Waals surface area (Å²) in [7, 11) is 0. The van der Waals surface area contributed by atoms with Crippen molar-refractivity contribution in [1.82, 2.24) is 10.3 Å². The number of nitrogens with one attached hydrogen (secondary N) is 1. The van der Waals surface area contributed by atoms with Crippen LogP contribution >= 0.6 is 11.3 Å². The van der Waals surface area contributed by atoms with Gasteiger partial charge in [-0.2, -0.15) is 0 Å². The Labute approximate surface area is 114 Å². The molecule has 2 rings (SSSR count). The summed E-state index contributed by atoms with van der Waals surface area (Å²) in [5, 5.41) is 2.73. The fraction of sp³-hybridized carbons (Fsp3) is 0.231. The van der Waals surface area contributed by atoms with E-state index in [9.17, 15) is 9.18 Å². The lowest BCUT2D eigenvalue weighted by Crippen LogP contribution is -2.23. The van der Waals surface area contributed by atoms with Gasteiger partial charge < -0.3 is 11.1 Å². The van der Waals surface area contributed by atoms with Gasteiger partial charge in [0.25, 0.3) is 5.91 Å². The lowest BCUT2D eigenvalue weighted by atomic mass is 10.1. The largest absolute Gasteiger partial charge is 0.398 e. The van der Waals surface area contributed by atoms with Gasteiger partial charge in [-0.15, -0.1) is 11.3 Å². The lowest BCUT2D eigenvalue weighted by molar-refractivity contribution is 0.0951. The van der Waals surface area contributed by atoms with Gasteiger partial charge in [-0.05, 0) is 26.0 Å². The van der Waals surface area contributed by atoms with Crippen LogP contribution in [-0.2, 0) is 6.54 Å². The van der Waals surface area contributed by atoms with Crippen LogP contribution in [0.25, 0.3) is 0 Å². The van der Waals surface area contributed by atoms with Crippen molar-refractivity contribution in [2.24, 2.45) is 0 Å². The topological polar surface area (TPSA) is 68.0 Å². The number of rotatable bonds is 3. The zero-order valence-electron chi connectivity index (χ0n) is 10.7. The number of amides is 1. The first-order valence-electron chi connectivity index (χ1n) is 5.72. The summed E-state index contributed by atoms with van der Waals surface area (Å²) in [4.78, 5) is 17.0. The van der Waals surface area contributed by atoms with E-state index < -0.39 is 5.82 Å². The summed E-state index contributed by atoms with van der Waals surface area (Å²) in [6.45, 7) is 3.83. The first-order chi connectivity index (χ1) is 8.99. The molecule has 0 fully saturated rings. The Kier molecular flexibility index (Phi) is 3.80. The number of nitrogens with two attached hydrogens (primary N) is 1. The van der Waals surface area contributed by atoms with E-state index in [4.69, 9.17) is 5.73 Å². The van der Waals surface area contributed by atoms with Gasteiger partial charge in [-0.1, -0.05) is 0 Å². The molecule has 0 aliphatic heterocycles. The molecule has 100 valence electrons. The third-order valence-electron chi connectivity index (χ3n) is 2.90. The van der Waals surface area contributed by atoms with Crippen LogP contribution in [0, 0.1) is 19.7 Å². The highest BCUT2D eigenvalue weighted by atomic mass is 32.1. The molecule has 0 spiro atoms. The molecule has 3 N–H and O–H groups in total. The maximum atomic E-state index is 13.5. The number of hydrogen-bond donors (Lipinski definition) is 2. The standard InChI is InChI=1S/C13H14FN3OS/c1-7-10(14)3-9(4-11(7)15)13(18)16-5-12-8(2)17-6-19-12/h3-4,6H,5,15H2,1-2H3,(H,16,18). The van der Waals surface area contributed by atoms with Crippen molar-refractivity contribution < 1.29 is 9.18 Å². The van der Waals surface area contributed by atoms with E-state index in [1.807, 2.05) is 6.92 Å². The van der Waals surface area contributed by atoms with Gasteiger partial charge in [0.2, 0.25) is 0 Å². The van der Waals surface area contributed by atoms with Crippen LogP contribution in [0.2, 0.25) is 0 Å². The van der Waals surface area contributed by atoms with Crippen LogP contribution in [0.4, 0.5) is 10.1 Å². The third-order valence-corrected chi connectivity index (χ3v) is 3.84. The van der Waals surface area contributed by atoms with Crippen LogP contribution in [0.5, 0.6) is 0 Å². The first kappa shape index (κ1) is 13.5. The van der Waals surface area contributed by atoms with Crippen molar-refractivity contribution in [2.45, 2.75) is 20.4 Å². The fourth-order valence-corrected chi connectivity index (χ4v) is 2.31. The van der Waals surface area contributed by atoms with Crippen molar-refractivity contribution in [3.05, 3.63) is 45.2 Å². The van der Waals surface area contributed by atoms with Crippen molar-refractivity contribution in [2.75, 3.05) is 5.73 Å². The van der Waals surface area contributed by atoms with Gasteiger partial charge in [-0.3, -0.25) is 4.79 Å². The molecule has 0 radical (unpaired) electrons. The quantitative estimate of drug-likeness (QED) is 0.848. The molecule has 0 bridgehead atoms. The molecule has 2 aromatic rings. The molecule has 0 saturated carbocycles. The minimum Gasteiger partial charge on any atom is -0.398 e. The van der Waals surface area contributed by atoms with Crippen LogP contribution in [0.3, 0.4) is 0 Å². The second-order valence-electron chi connectivity index (χ2n) is 4.22. The maximum absolute atomic E-state index is 13.5. The number of benzene rings is 1. The van der Waals surface area contributed by atoms with Gasteiger partial charge in [0.15, 0.2) is 0 Å². The predicted octanol–water partition coefficient (Wildman–Crippen LogP) is 2.41. The molecule has 0 unspecified atom stereocenters. The van der Waals surface area contributed by atoms with Crippen molar-refractivity contribution in [3.63, 3.8) is 0 Å². The molecule has 0 aliphatic carbocycles. The number of carbonyl (C=O) groups is 1. The summed E-state index contributed by atoms with van der Waals surface area (Å²) < 4.78 is 13.5. The van der Waals surface area contributed by atoms with Crippen molar-refractivity contribution in [3.8, 4) is 0 Å². The Hall–Kier alpha value is -1.95. The Bertz CT molecular complexity index is 601. The molecule has 0 saturated heterocycles. The number of thiazole rings is 1. The molecule has 1 aromatic carbocycles. The van der Waals surface area contributed by atoms with E-state index in [2.05, 4.69) is 10.3 Å². The lowest BCUT2D eigenvalue weighted by Gasteiger charge is -2.07. The zero-order valence-corrected chi connectivity index (χ0v) is 11.5. The molecule has 6 heteroatoms. The van der Waals surface area contributed by atoms with E-state index in [1.165, 1.54) is 23.5 Å². The Morgan fingerprint density at radius 1 is 1.47 bits per heavy atom. The van der Waals surface area contributed by atoms with Gasteiger partial charge in [0, 0.05) is 21.7 Å². The van der Waals surface area contributed by atoms with Gasteiger partial charge in [0.1, 0.15) is 5.82 Å². The summed E-state index contributed by atoms with van der Waals surface area (Å²) in [5.74, 6) is -0.822. The predicted molar refractivity (Wildman–Crippen MR) is 73.6 cm³/mol. The number of carbonyl (C=O) groups excluding carboxylic acids is 1. The highest BCUT2D eigenvalue weighted by Gasteiger charge is 2.11. The summed E-state index contributed by atoms with van der Waals surface area (Å²) in [6, 6.07) is 2.67. The third kappa shape index (κ3) is 2.90. The molecule has 19 heavy (non-hydrogen) atoms. The van der Waals surface area contributed by atoms with Crippen LogP contribution in [0.1, 0.15) is 26.5 Å². The molecular weight excluding hydrogens is 265 g/mol. The fourth-order valence-electron chi connectivity index (χ4n) is 1.59. The Morgan fingerprint density at radius 3 is 2.79 bits per heavy atom. The van der Waals surface area contributed by atoms with Crippen LogP contribution in [0.15, 0.2) is 17.6 Å². The van der Waals surface area contributed by atoms with E-state index in [0.717, 1.165) is 10.6 Å². The van der Waals surface area contributed by atoms with Crippen LogP contribution in [-0.4, -0.2) is 10.9 Å². The normalized spacial score (nSPS) is 10.5. The summed E-state index contributed by atoms with van der Waals surface area (Å²) >= 11 is 1.47. The molecule has 1 amide bonds. The van der Waals surface area contributed by atoms with E-state index >= 15 is 0 Å². The number of aryl methyl sites for hydroxylation is 1. The number of halogens is 1. The number of nitrogens with zero attached hydrogens (tertiary/aromatic N) is 1. The number of aromatic nitrogens is 1. The zero-order chi connectivity index (χ0) is 14.0.